The Morgan fingerprint density at radius 1 is 1.39 bits per heavy atom. The van der Waals surface area contributed by atoms with Gasteiger partial charge in [-0.15, -0.1) is 0 Å². The van der Waals surface area contributed by atoms with E-state index in [4.69, 9.17) is 4.74 Å². The lowest BCUT2D eigenvalue weighted by atomic mass is 10.0. The first-order valence-corrected chi connectivity index (χ1v) is 6.70. The highest BCUT2D eigenvalue weighted by Gasteiger charge is 2.12. The molecule has 0 saturated heterocycles. The van der Waals surface area contributed by atoms with E-state index in [2.05, 4.69) is 17.4 Å². The van der Waals surface area contributed by atoms with Gasteiger partial charge in [-0.1, -0.05) is 12.1 Å². The predicted molar refractivity (Wildman–Crippen MR) is 72.1 cm³/mol. The van der Waals surface area contributed by atoms with E-state index >= 15 is 0 Å². The van der Waals surface area contributed by atoms with Gasteiger partial charge >= 0.3 is 0 Å². The maximum absolute atomic E-state index is 11.7. The fourth-order valence-electron chi connectivity index (χ4n) is 2.27. The molecule has 0 bridgehead atoms. The Labute approximate surface area is 109 Å². The molecule has 1 aliphatic rings. The van der Waals surface area contributed by atoms with Crippen LogP contribution in [0.1, 0.15) is 30.4 Å². The molecule has 1 aromatic carbocycles. The minimum absolute atomic E-state index is 0.363. The Morgan fingerprint density at radius 2 is 2.28 bits per heavy atom. The number of ketones is 1. The summed E-state index contributed by atoms with van der Waals surface area (Å²) in [5.74, 6) is 1.38. The van der Waals surface area contributed by atoms with Crippen molar-refractivity contribution in [1.82, 2.24) is 5.32 Å². The number of fused-ring (bicyclic) bond motifs is 1. The van der Waals surface area contributed by atoms with Crippen LogP contribution in [0.4, 0.5) is 0 Å². The van der Waals surface area contributed by atoms with Crippen molar-refractivity contribution < 1.29 is 9.53 Å². The van der Waals surface area contributed by atoms with Crippen molar-refractivity contribution in [2.24, 2.45) is 0 Å². The Balaban J connectivity index is 1.78. The van der Waals surface area contributed by atoms with Crippen molar-refractivity contribution >= 4 is 5.78 Å². The molecule has 98 valence electrons. The first-order valence-electron chi connectivity index (χ1n) is 6.70. The van der Waals surface area contributed by atoms with E-state index in [0.717, 1.165) is 38.2 Å². The van der Waals surface area contributed by atoms with Crippen molar-refractivity contribution in [3.63, 3.8) is 0 Å². The highest BCUT2D eigenvalue weighted by molar-refractivity contribution is 5.78. The molecular formula is C15H21NO2. The van der Waals surface area contributed by atoms with Crippen LogP contribution in [0.3, 0.4) is 0 Å². The topological polar surface area (TPSA) is 38.3 Å². The van der Waals surface area contributed by atoms with E-state index in [9.17, 15) is 4.79 Å². The van der Waals surface area contributed by atoms with Crippen LogP contribution in [0.25, 0.3) is 0 Å². The van der Waals surface area contributed by atoms with E-state index in [1.165, 1.54) is 11.1 Å². The average Bonchev–Trinajstić information content (AvgIpc) is 2.84. The van der Waals surface area contributed by atoms with Crippen LogP contribution < -0.4 is 10.1 Å². The molecule has 18 heavy (non-hydrogen) atoms. The maximum atomic E-state index is 11.7. The molecule has 1 aromatic rings. The molecule has 0 unspecified atom stereocenters. The molecule has 0 aliphatic carbocycles. The van der Waals surface area contributed by atoms with E-state index < -0.39 is 0 Å². The third-order valence-electron chi connectivity index (χ3n) is 3.33. The number of carbonyl (C=O) groups excluding carboxylic acids is 1. The minimum Gasteiger partial charge on any atom is -0.493 e. The quantitative estimate of drug-likeness (QED) is 0.750. The molecule has 0 spiro atoms. The summed E-state index contributed by atoms with van der Waals surface area (Å²) in [6, 6.07) is 6.29. The van der Waals surface area contributed by atoms with Gasteiger partial charge in [0, 0.05) is 19.3 Å². The second-order valence-electron chi connectivity index (χ2n) is 4.79. The first-order chi connectivity index (χ1) is 8.79. The summed E-state index contributed by atoms with van der Waals surface area (Å²) in [4.78, 5) is 11.7. The zero-order valence-electron chi connectivity index (χ0n) is 11.0. The molecule has 0 aromatic heterocycles. The number of rotatable bonds is 7. The van der Waals surface area contributed by atoms with Gasteiger partial charge in [-0.25, -0.2) is 0 Å². The number of hydrogen-bond donors (Lipinski definition) is 1. The smallest absolute Gasteiger partial charge is 0.133 e. The van der Waals surface area contributed by atoms with E-state index in [1.807, 2.05) is 13.1 Å². The molecule has 2 rings (SSSR count). The molecule has 3 nitrogen and oxygen atoms in total. The molecule has 0 saturated carbocycles. The molecule has 0 atom stereocenters. The molecule has 1 N–H and O–H groups in total. The van der Waals surface area contributed by atoms with Crippen LogP contribution in [0, 0.1) is 0 Å². The Kier molecular flexibility index (Phi) is 4.76. The number of Topliss-reactive ketones (excluding diaryl/α,β-unsaturated/α-hetero) is 1. The summed E-state index contributed by atoms with van der Waals surface area (Å²) in [7, 11) is 1.91. The summed E-state index contributed by atoms with van der Waals surface area (Å²) in [6.07, 6.45) is 4.14. The molecule has 0 fully saturated rings. The molecule has 0 amide bonds. The first kappa shape index (κ1) is 13.1. The highest BCUT2D eigenvalue weighted by atomic mass is 16.5. The Hall–Kier alpha value is -1.35. The molecular weight excluding hydrogens is 226 g/mol. The minimum atomic E-state index is 0.363. The maximum Gasteiger partial charge on any atom is 0.133 e. The van der Waals surface area contributed by atoms with E-state index in [0.29, 0.717) is 18.6 Å². The zero-order chi connectivity index (χ0) is 12.8. The van der Waals surface area contributed by atoms with E-state index in [-0.39, 0.29) is 0 Å². The molecule has 1 aliphatic heterocycles. The largest absolute Gasteiger partial charge is 0.493 e. The second-order valence-corrected chi connectivity index (χ2v) is 4.79. The second kappa shape index (κ2) is 6.55. The monoisotopic (exact) mass is 247 g/mol. The summed E-state index contributed by atoms with van der Waals surface area (Å²) < 4.78 is 5.47. The van der Waals surface area contributed by atoms with Gasteiger partial charge in [0.2, 0.25) is 0 Å². The SMILES string of the molecule is CNCCCC(=O)CCc1ccc2c(c1)CCO2. The van der Waals surface area contributed by atoms with Crippen molar-refractivity contribution in [3.05, 3.63) is 29.3 Å². The van der Waals surface area contributed by atoms with Crippen molar-refractivity contribution in [1.29, 1.82) is 0 Å². The number of aryl methyl sites for hydroxylation is 1. The summed E-state index contributed by atoms with van der Waals surface area (Å²) in [5.41, 5.74) is 2.54. The predicted octanol–water partition coefficient (Wildman–Crippen LogP) is 2.12. The lowest BCUT2D eigenvalue weighted by Gasteiger charge is -2.04. The highest BCUT2D eigenvalue weighted by Crippen LogP contribution is 2.26. The summed E-state index contributed by atoms with van der Waals surface area (Å²) in [6.45, 7) is 1.71. The van der Waals surface area contributed by atoms with Gasteiger partial charge in [-0.3, -0.25) is 4.79 Å². The fraction of sp³-hybridized carbons (Fsp3) is 0.533. The van der Waals surface area contributed by atoms with Crippen LogP contribution in [-0.2, 0) is 17.6 Å². The van der Waals surface area contributed by atoms with Crippen molar-refractivity contribution in [2.45, 2.75) is 32.1 Å². The van der Waals surface area contributed by atoms with Gasteiger partial charge in [-0.2, -0.15) is 0 Å². The number of hydrogen-bond acceptors (Lipinski definition) is 3. The third kappa shape index (κ3) is 3.57. The number of nitrogens with one attached hydrogen (secondary N) is 1. The normalized spacial score (nSPS) is 13.2. The Bertz CT molecular complexity index is 415. The van der Waals surface area contributed by atoms with Gasteiger partial charge in [-0.05, 0) is 43.6 Å². The van der Waals surface area contributed by atoms with Gasteiger partial charge in [0.05, 0.1) is 6.61 Å². The van der Waals surface area contributed by atoms with Crippen LogP contribution in [0.5, 0.6) is 5.75 Å². The van der Waals surface area contributed by atoms with Gasteiger partial charge < -0.3 is 10.1 Å². The zero-order valence-corrected chi connectivity index (χ0v) is 11.0. The van der Waals surface area contributed by atoms with Crippen molar-refractivity contribution in [3.8, 4) is 5.75 Å². The van der Waals surface area contributed by atoms with Crippen LogP contribution in [0.2, 0.25) is 0 Å². The van der Waals surface area contributed by atoms with Crippen LogP contribution in [0.15, 0.2) is 18.2 Å². The van der Waals surface area contributed by atoms with Crippen LogP contribution >= 0.6 is 0 Å². The van der Waals surface area contributed by atoms with Gasteiger partial charge in [0.1, 0.15) is 11.5 Å². The van der Waals surface area contributed by atoms with Gasteiger partial charge in [0.25, 0.3) is 0 Å². The fourth-order valence-corrected chi connectivity index (χ4v) is 2.27. The lowest BCUT2D eigenvalue weighted by molar-refractivity contribution is -0.119. The molecule has 3 heteroatoms. The number of ether oxygens (including phenoxy) is 1. The summed E-state index contributed by atoms with van der Waals surface area (Å²) >= 11 is 0. The summed E-state index contributed by atoms with van der Waals surface area (Å²) in [5, 5.41) is 3.06. The Morgan fingerprint density at radius 3 is 3.11 bits per heavy atom. The molecule has 0 radical (unpaired) electrons. The number of carbonyl (C=O) groups is 1. The number of benzene rings is 1. The third-order valence-corrected chi connectivity index (χ3v) is 3.33. The van der Waals surface area contributed by atoms with Crippen LogP contribution in [-0.4, -0.2) is 26.0 Å². The molecule has 1 heterocycles. The lowest BCUT2D eigenvalue weighted by Crippen LogP contribution is -2.10. The standard InChI is InChI=1S/C15H21NO2/c1-16-9-2-3-14(17)6-4-12-5-7-15-13(11-12)8-10-18-15/h5,7,11,16H,2-4,6,8-10H2,1H3. The average molecular weight is 247 g/mol. The van der Waals surface area contributed by atoms with Crippen molar-refractivity contribution in [2.75, 3.05) is 20.2 Å². The van der Waals surface area contributed by atoms with E-state index in [1.54, 1.807) is 0 Å². The van der Waals surface area contributed by atoms with Gasteiger partial charge in [0.15, 0.2) is 0 Å².